The van der Waals surface area contributed by atoms with E-state index in [1.807, 2.05) is 0 Å². The summed E-state index contributed by atoms with van der Waals surface area (Å²) in [6.07, 6.45) is 0. The first-order chi connectivity index (χ1) is 1.73. The van der Waals surface area contributed by atoms with E-state index in [-0.39, 0.29) is 46.6 Å². The fraction of sp³-hybridized carbons (Fsp3) is 0. The Morgan fingerprint density at radius 1 is 1.00 bits per heavy atom. The van der Waals surface area contributed by atoms with Gasteiger partial charge in [0.25, 0.3) is 0 Å². The molecule has 0 aliphatic rings. The molecule has 0 atom stereocenters. The van der Waals surface area contributed by atoms with Crippen molar-refractivity contribution in [2.45, 2.75) is 0 Å². The van der Waals surface area contributed by atoms with E-state index in [0.29, 0.717) is 0 Å². The molecular weight excluding hydrogens is 158 g/mol. The smallest absolute Gasteiger partial charge is 0.854 e. The van der Waals surface area contributed by atoms with Crippen LogP contribution in [-0.2, 0) is 17.1 Å². The first-order valence-electron chi connectivity index (χ1n) is 0.548. The van der Waals surface area contributed by atoms with Crippen LogP contribution in [0.2, 0.25) is 0 Å². The predicted octanol–water partition coefficient (Wildman–Crippen LogP) is -5.70. The molecule has 0 aromatic rings. The Balaban J connectivity index is -0.0000000450. The molecule has 0 spiro atoms. The van der Waals surface area contributed by atoms with Gasteiger partial charge in [-0.1, -0.05) is 0 Å². The normalized spacial score (nSPS) is 6.00. The van der Waals surface area contributed by atoms with Crippen LogP contribution in [0, 0.1) is 0 Å². The standard InChI is InChI=1S/Fe.Na.O3P/c;;1-4(2)3/q+2;+1;-3. The predicted molar refractivity (Wildman–Crippen MR) is 6.92 cm³/mol. The fourth-order valence-electron chi connectivity index (χ4n) is 0. The minimum atomic E-state index is -3.37. The topological polar surface area (TPSA) is 69.2 Å². The third-order valence-corrected chi connectivity index (χ3v) is 0. The Hall–Kier alpha value is 1.83. The Bertz CT molecular complexity index is 15.5. The molecule has 0 aliphatic heterocycles. The minimum Gasteiger partial charge on any atom is -0.854 e. The monoisotopic (exact) mass is 158 g/mol. The molecule has 0 rings (SSSR count). The molecule has 3 nitrogen and oxygen atoms in total. The van der Waals surface area contributed by atoms with Gasteiger partial charge < -0.3 is 23.3 Å². The van der Waals surface area contributed by atoms with Crippen LogP contribution in [0.3, 0.4) is 0 Å². The molecule has 0 aromatic carbocycles. The average molecular weight is 158 g/mol. The molecule has 0 heterocycles. The van der Waals surface area contributed by atoms with Crippen molar-refractivity contribution >= 4 is 8.60 Å². The molecule has 0 amide bonds. The van der Waals surface area contributed by atoms with Crippen molar-refractivity contribution in [3.63, 3.8) is 0 Å². The Morgan fingerprint density at radius 2 is 1.00 bits per heavy atom. The summed E-state index contributed by atoms with van der Waals surface area (Å²) >= 11 is 0. The molecule has 0 fully saturated rings. The average Bonchev–Trinajstić information content (AvgIpc) is 0.811. The van der Waals surface area contributed by atoms with E-state index in [9.17, 15) is 0 Å². The van der Waals surface area contributed by atoms with Crippen LogP contribution in [0.5, 0.6) is 0 Å². The summed E-state index contributed by atoms with van der Waals surface area (Å²) in [6, 6.07) is 0. The van der Waals surface area contributed by atoms with Gasteiger partial charge in [-0.05, 0) is 0 Å². The maximum atomic E-state index is 8.48. The summed E-state index contributed by atoms with van der Waals surface area (Å²) < 4.78 is 0. The second-order valence-corrected chi connectivity index (χ2v) is 0.671. The molecule has 0 radical (unpaired) electrons. The summed E-state index contributed by atoms with van der Waals surface area (Å²) in [5.41, 5.74) is 0. The van der Waals surface area contributed by atoms with Gasteiger partial charge in [-0.3, -0.25) is 0 Å². The van der Waals surface area contributed by atoms with Gasteiger partial charge in [0.1, 0.15) is 0 Å². The zero-order valence-electron chi connectivity index (χ0n) is 3.03. The van der Waals surface area contributed by atoms with Crippen LogP contribution in [0.25, 0.3) is 0 Å². The summed E-state index contributed by atoms with van der Waals surface area (Å²) in [4.78, 5) is 25.4. The number of hydrogen-bond acceptors (Lipinski definition) is 3. The van der Waals surface area contributed by atoms with Gasteiger partial charge in [0.15, 0.2) is 0 Å². The SMILES string of the molecule is [Fe+2].[Na+].[O-]P([O-])[O-]. The maximum Gasteiger partial charge on any atom is 2.00 e. The van der Waals surface area contributed by atoms with Crippen molar-refractivity contribution in [1.29, 1.82) is 0 Å². The largest absolute Gasteiger partial charge is 2.00 e. The van der Waals surface area contributed by atoms with Crippen LogP contribution in [0.1, 0.15) is 0 Å². The van der Waals surface area contributed by atoms with Crippen LogP contribution in [0.4, 0.5) is 0 Å². The summed E-state index contributed by atoms with van der Waals surface area (Å²) in [5, 5.41) is 0. The summed E-state index contributed by atoms with van der Waals surface area (Å²) in [7, 11) is -3.37. The Labute approximate surface area is 69.5 Å². The second kappa shape index (κ2) is 9.95. The van der Waals surface area contributed by atoms with Gasteiger partial charge in [0.05, 0.1) is 0 Å². The molecule has 32 valence electrons. The molecular formula is FeNaO3P. The number of hydrogen-bond donors (Lipinski definition) is 0. The third-order valence-electron chi connectivity index (χ3n) is 0. The van der Waals surface area contributed by atoms with Crippen molar-refractivity contribution < 1.29 is 61.3 Å². The van der Waals surface area contributed by atoms with Gasteiger partial charge >= 0.3 is 46.6 Å². The van der Waals surface area contributed by atoms with E-state index in [1.165, 1.54) is 0 Å². The zero-order valence-corrected chi connectivity index (χ0v) is 7.02. The summed E-state index contributed by atoms with van der Waals surface area (Å²) in [5.74, 6) is 0. The number of rotatable bonds is 0. The first kappa shape index (κ1) is 15.7. The van der Waals surface area contributed by atoms with Crippen molar-refractivity contribution in [3.8, 4) is 0 Å². The van der Waals surface area contributed by atoms with E-state index >= 15 is 0 Å². The molecule has 0 bridgehead atoms. The van der Waals surface area contributed by atoms with E-state index in [2.05, 4.69) is 0 Å². The van der Waals surface area contributed by atoms with E-state index in [1.54, 1.807) is 0 Å². The Kier molecular flexibility index (Phi) is 26.0. The van der Waals surface area contributed by atoms with Gasteiger partial charge in [-0.25, -0.2) is 0 Å². The van der Waals surface area contributed by atoms with Gasteiger partial charge in [0, 0.05) is 0 Å². The minimum absolute atomic E-state index is 0. The molecule has 0 saturated heterocycles. The molecule has 0 aliphatic carbocycles. The quantitative estimate of drug-likeness (QED) is 0.260. The molecule has 0 unspecified atom stereocenters. The van der Waals surface area contributed by atoms with Crippen LogP contribution < -0.4 is 44.2 Å². The second-order valence-electron chi connectivity index (χ2n) is 0.224. The van der Waals surface area contributed by atoms with E-state index in [4.69, 9.17) is 14.7 Å². The molecule has 6 heavy (non-hydrogen) atoms. The summed E-state index contributed by atoms with van der Waals surface area (Å²) in [6.45, 7) is 0. The molecule has 0 saturated carbocycles. The molecule has 6 heteroatoms. The van der Waals surface area contributed by atoms with Crippen LogP contribution in [0.15, 0.2) is 0 Å². The first-order valence-corrected chi connectivity index (χ1v) is 1.64. The third kappa shape index (κ3) is 40.6. The van der Waals surface area contributed by atoms with E-state index in [0.717, 1.165) is 0 Å². The van der Waals surface area contributed by atoms with Gasteiger partial charge in [-0.15, -0.1) is 0 Å². The van der Waals surface area contributed by atoms with Crippen molar-refractivity contribution in [2.75, 3.05) is 0 Å². The van der Waals surface area contributed by atoms with Crippen molar-refractivity contribution in [1.82, 2.24) is 0 Å². The van der Waals surface area contributed by atoms with Crippen LogP contribution >= 0.6 is 8.60 Å². The molecule has 0 N–H and O–H groups in total. The van der Waals surface area contributed by atoms with Gasteiger partial charge in [-0.2, -0.15) is 0 Å². The van der Waals surface area contributed by atoms with Gasteiger partial charge in [0.2, 0.25) is 0 Å². The van der Waals surface area contributed by atoms with Crippen molar-refractivity contribution in [3.05, 3.63) is 0 Å². The van der Waals surface area contributed by atoms with Crippen LogP contribution in [-0.4, -0.2) is 0 Å². The zero-order chi connectivity index (χ0) is 3.58. The van der Waals surface area contributed by atoms with E-state index < -0.39 is 8.60 Å². The maximum absolute atomic E-state index is 8.48. The van der Waals surface area contributed by atoms with Crippen molar-refractivity contribution in [2.24, 2.45) is 0 Å². The fourth-order valence-corrected chi connectivity index (χ4v) is 0. The molecule has 0 aromatic heterocycles. The Morgan fingerprint density at radius 3 is 1.00 bits per heavy atom.